The molecule has 0 N–H and O–H groups in total. The number of hydrogen-bond acceptors (Lipinski definition) is 1. The van der Waals surface area contributed by atoms with E-state index in [9.17, 15) is 0 Å². The van der Waals surface area contributed by atoms with Gasteiger partial charge in [-0.05, 0) is 37.3 Å². The van der Waals surface area contributed by atoms with E-state index in [2.05, 4.69) is 31.7 Å². The second-order valence-corrected chi connectivity index (χ2v) is 4.61. The van der Waals surface area contributed by atoms with Crippen LogP contribution < -0.4 is 0 Å². The molecule has 0 saturated carbocycles. The molecule has 90 valence electrons. The molecule has 0 aromatic heterocycles. The van der Waals surface area contributed by atoms with E-state index in [4.69, 9.17) is 4.74 Å². The number of benzene rings is 1. The van der Waals surface area contributed by atoms with Gasteiger partial charge in [0.1, 0.15) is 0 Å². The van der Waals surface area contributed by atoms with Crippen LogP contribution in [0.25, 0.3) is 5.57 Å². The normalized spacial score (nSPS) is 15.2. The van der Waals surface area contributed by atoms with Gasteiger partial charge in [0.05, 0.1) is 12.9 Å². The smallest absolute Gasteiger partial charge is 0.0996 e. The van der Waals surface area contributed by atoms with E-state index in [0.717, 1.165) is 25.0 Å². The first-order valence-electron chi connectivity index (χ1n) is 6.23. The number of ether oxygens (including phenoxy) is 1. The highest BCUT2D eigenvalue weighted by molar-refractivity contribution is 5.72. The average molecular weight is 228 g/mol. The number of methoxy groups -OCH3 is 1. The number of hydrogen-bond donors (Lipinski definition) is 0. The Bertz CT molecular complexity index is 455. The van der Waals surface area contributed by atoms with Crippen LogP contribution in [0.5, 0.6) is 0 Å². The van der Waals surface area contributed by atoms with Crippen LogP contribution >= 0.6 is 0 Å². The summed E-state index contributed by atoms with van der Waals surface area (Å²) < 4.78 is 5.56. The van der Waals surface area contributed by atoms with E-state index in [1.807, 2.05) is 6.08 Å². The van der Waals surface area contributed by atoms with Crippen molar-refractivity contribution in [1.82, 2.24) is 0 Å². The molecular weight excluding hydrogens is 208 g/mol. The first kappa shape index (κ1) is 12.0. The molecule has 0 aliphatic heterocycles. The summed E-state index contributed by atoms with van der Waals surface area (Å²) in [4.78, 5) is 0. The third kappa shape index (κ3) is 2.44. The van der Waals surface area contributed by atoms with Crippen molar-refractivity contribution in [2.75, 3.05) is 7.11 Å². The molecule has 1 heteroatoms. The molecule has 1 aromatic rings. The summed E-state index contributed by atoms with van der Waals surface area (Å²) in [5.74, 6) is 1.13. The van der Waals surface area contributed by atoms with Gasteiger partial charge >= 0.3 is 0 Å². The van der Waals surface area contributed by atoms with Gasteiger partial charge in [0.25, 0.3) is 0 Å². The SMILES string of the molecule is C=CCC1=C(OC)CCCc2cc(C)ccc21. The minimum Gasteiger partial charge on any atom is -0.501 e. The maximum atomic E-state index is 5.56. The van der Waals surface area contributed by atoms with Gasteiger partial charge in [0, 0.05) is 12.0 Å². The Balaban J connectivity index is 2.55. The Kier molecular flexibility index (Phi) is 3.68. The van der Waals surface area contributed by atoms with Crippen LogP contribution in [0.4, 0.5) is 0 Å². The minimum absolute atomic E-state index is 0.888. The number of aryl methyl sites for hydroxylation is 2. The second-order valence-electron chi connectivity index (χ2n) is 4.61. The van der Waals surface area contributed by atoms with Crippen molar-refractivity contribution in [3.8, 4) is 0 Å². The molecule has 1 aromatic carbocycles. The summed E-state index contributed by atoms with van der Waals surface area (Å²) >= 11 is 0. The lowest BCUT2D eigenvalue weighted by Crippen LogP contribution is -1.94. The zero-order valence-electron chi connectivity index (χ0n) is 10.8. The van der Waals surface area contributed by atoms with Gasteiger partial charge in [-0.2, -0.15) is 0 Å². The lowest BCUT2D eigenvalue weighted by Gasteiger charge is -2.13. The lowest BCUT2D eigenvalue weighted by atomic mass is 9.95. The summed E-state index contributed by atoms with van der Waals surface area (Å²) in [5.41, 5.74) is 5.45. The molecule has 1 aliphatic rings. The van der Waals surface area contributed by atoms with Crippen LogP contribution in [0.3, 0.4) is 0 Å². The van der Waals surface area contributed by atoms with Crippen LogP contribution in [-0.4, -0.2) is 7.11 Å². The number of rotatable bonds is 3. The van der Waals surface area contributed by atoms with Gasteiger partial charge in [0.2, 0.25) is 0 Å². The molecule has 0 radical (unpaired) electrons. The maximum Gasteiger partial charge on any atom is 0.0996 e. The standard InChI is InChI=1S/C16H20O/c1-4-6-15-14-10-9-12(2)11-13(14)7-5-8-16(15)17-3/h4,9-11H,1,5-8H2,2-3H3. The molecule has 1 aliphatic carbocycles. The predicted molar refractivity (Wildman–Crippen MR) is 72.9 cm³/mol. The van der Waals surface area contributed by atoms with Crippen LogP contribution in [0, 0.1) is 6.92 Å². The molecule has 0 unspecified atom stereocenters. The average Bonchev–Trinajstić information content (AvgIpc) is 2.49. The highest BCUT2D eigenvalue weighted by atomic mass is 16.5. The first-order chi connectivity index (χ1) is 8.26. The molecule has 0 spiro atoms. The molecule has 1 nitrogen and oxygen atoms in total. The molecule has 0 saturated heterocycles. The van der Waals surface area contributed by atoms with Gasteiger partial charge in [-0.1, -0.05) is 29.8 Å². The Morgan fingerprint density at radius 3 is 2.88 bits per heavy atom. The van der Waals surface area contributed by atoms with Gasteiger partial charge in [0.15, 0.2) is 0 Å². The Morgan fingerprint density at radius 2 is 2.18 bits per heavy atom. The first-order valence-corrected chi connectivity index (χ1v) is 6.23. The molecule has 0 amide bonds. The fraction of sp³-hybridized carbons (Fsp3) is 0.375. The third-order valence-corrected chi connectivity index (χ3v) is 3.37. The fourth-order valence-electron chi connectivity index (χ4n) is 2.56. The Labute approximate surface area is 104 Å². The lowest BCUT2D eigenvalue weighted by molar-refractivity contribution is 0.277. The molecular formula is C16H20O. The van der Waals surface area contributed by atoms with Crippen molar-refractivity contribution < 1.29 is 4.74 Å². The van der Waals surface area contributed by atoms with Crippen molar-refractivity contribution in [2.45, 2.75) is 32.6 Å². The van der Waals surface area contributed by atoms with Crippen molar-refractivity contribution in [2.24, 2.45) is 0 Å². The van der Waals surface area contributed by atoms with E-state index < -0.39 is 0 Å². The summed E-state index contributed by atoms with van der Waals surface area (Å²) in [5, 5.41) is 0. The van der Waals surface area contributed by atoms with Crippen molar-refractivity contribution in [3.05, 3.63) is 53.3 Å². The van der Waals surface area contributed by atoms with E-state index in [-0.39, 0.29) is 0 Å². The van der Waals surface area contributed by atoms with Gasteiger partial charge in [-0.25, -0.2) is 0 Å². The largest absolute Gasteiger partial charge is 0.501 e. The van der Waals surface area contributed by atoms with Crippen molar-refractivity contribution in [3.63, 3.8) is 0 Å². The van der Waals surface area contributed by atoms with Gasteiger partial charge in [-0.15, -0.1) is 6.58 Å². The highest BCUT2D eigenvalue weighted by Crippen LogP contribution is 2.33. The van der Waals surface area contributed by atoms with E-state index in [1.165, 1.54) is 28.7 Å². The second kappa shape index (κ2) is 5.22. The molecule has 2 rings (SSSR count). The summed E-state index contributed by atoms with van der Waals surface area (Å²) in [6, 6.07) is 6.71. The Morgan fingerprint density at radius 1 is 1.35 bits per heavy atom. The van der Waals surface area contributed by atoms with Crippen molar-refractivity contribution >= 4 is 5.57 Å². The topological polar surface area (TPSA) is 9.23 Å². The van der Waals surface area contributed by atoms with Crippen LogP contribution in [-0.2, 0) is 11.2 Å². The van der Waals surface area contributed by atoms with E-state index in [1.54, 1.807) is 7.11 Å². The summed E-state index contributed by atoms with van der Waals surface area (Å²) in [7, 11) is 1.78. The minimum atomic E-state index is 0.888. The quantitative estimate of drug-likeness (QED) is 0.702. The zero-order valence-corrected chi connectivity index (χ0v) is 10.8. The fourth-order valence-corrected chi connectivity index (χ4v) is 2.56. The predicted octanol–water partition coefficient (Wildman–Crippen LogP) is 4.26. The van der Waals surface area contributed by atoms with Gasteiger partial charge < -0.3 is 4.74 Å². The van der Waals surface area contributed by atoms with Gasteiger partial charge in [-0.3, -0.25) is 0 Å². The van der Waals surface area contributed by atoms with E-state index in [0.29, 0.717) is 0 Å². The third-order valence-electron chi connectivity index (χ3n) is 3.37. The van der Waals surface area contributed by atoms with E-state index >= 15 is 0 Å². The molecule has 0 fully saturated rings. The van der Waals surface area contributed by atoms with Crippen LogP contribution in [0.2, 0.25) is 0 Å². The van der Waals surface area contributed by atoms with Crippen molar-refractivity contribution in [1.29, 1.82) is 0 Å². The molecule has 0 bridgehead atoms. The molecule has 0 heterocycles. The monoisotopic (exact) mass is 228 g/mol. The zero-order chi connectivity index (χ0) is 12.3. The molecule has 17 heavy (non-hydrogen) atoms. The van der Waals surface area contributed by atoms with Crippen LogP contribution in [0.15, 0.2) is 36.6 Å². The number of allylic oxidation sites excluding steroid dienone is 3. The summed E-state index contributed by atoms with van der Waals surface area (Å²) in [6.07, 6.45) is 6.20. The summed E-state index contributed by atoms with van der Waals surface area (Å²) in [6.45, 7) is 6.01. The Hall–Kier alpha value is -1.50. The van der Waals surface area contributed by atoms with Crippen LogP contribution in [0.1, 0.15) is 36.0 Å². The molecule has 0 atom stereocenters. The number of fused-ring (bicyclic) bond motifs is 1. The highest BCUT2D eigenvalue weighted by Gasteiger charge is 2.16. The maximum absolute atomic E-state index is 5.56.